The number of Topliss-reactive ketones (excluding diaryl/α,β-unsaturated/α-hetero) is 1. The Bertz CT molecular complexity index is 1010. The molecule has 3 rings (SSSR count). The Morgan fingerprint density at radius 1 is 1.08 bits per heavy atom. The number of aromatic nitrogens is 1. The summed E-state index contributed by atoms with van der Waals surface area (Å²) in [6, 6.07) is 11.4. The van der Waals surface area contributed by atoms with Gasteiger partial charge in [0.2, 0.25) is 0 Å². The van der Waals surface area contributed by atoms with Crippen molar-refractivity contribution < 1.29 is 14.1 Å². The number of nitrogens with one attached hydrogen (secondary N) is 1. The molecule has 3 aromatic rings. The molecule has 0 aliphatic rings. The van der Waals surface area contributed by atoms with Crippen molar-refractivity contribution >= 4 is 50.7 Å². The summed E-state index contributed by atoms with van der Waals surface area (Å²) in [6.45, 7) is 1.69. The fourth-order valence-electron chi connectivity index (χ4n) is 2.23. The van der Waals surface area contributed by atoms with Gasteiger partial charge >= 0.3 is 5.63 Å². The highest BCUT2D eigenvalue weighted by Crippen LogP contribution is 2.19. The molecule has 6 nitrogen and oxygen atoms in total. The van der Waals surface area contributed by atoms with E-state index in [1.165, 1.54) is 12.1 Å². The normalized spacial score (nSPS) is 10.6. The Balaban J connectivity index is 1.88. The molecule has 1 N–H and O–H groups in total. The highest BCUT2D eigenvalue weighted by molar-refractivity contribution is 14.1. The lowest BCUT2D eigenvalue weighted by Crippen LogP contribution is -2.22. The summed E-state index contributed by atoms with van der Waals surface area (Å²) in [5.41, 5.74) is 0.683. The van der Waals surface area contributed by atoms with Gasteiger partial charge in [0.25, 0.3) is 11.7 Å². The Labute approximate surface area is 150 Å². The first kappa shape index (κ1) is 16.3. The van der Waals surface area contributed by atoms with E-state index in [0.29, 0.717) is 27.7 Å². The first-order valence-electron chi connectivity index (χ1n) is 6.97. The monoisotopic (exact) mass is 434 g/mol. The van der Waals surface area contributed by atoms with Crippen LogP contribution in [-0.2, 0) is 4.79 Å². The standard InChI is InChI=1S/C17H11IN2O4/c1-9-14-8-12(6-7-13(14)17(23)24-20-9)19-16(22)15(21)10-2-4-11(18)5-3-10/h2-8H,1H3,(H,19,22). The maximum atomic E-state index is 12.2. The van der Waals surface area contributed by atoms with E-state index in [9.17, 15) is 14.4 Å². The average molecular weight is 434 g/mol. The predicted octanol–water partition coefficient (Wildman–Crippen LogP) is 2.92. The third-order valence-corrected chi connectivity index (χ3v) is 4.18. The summed E-state index contributed by atoms with van der Waals surface area (Å²) in [7, 11) is 0. The van der Waals surface area contributed by atoms with Crippen LogP contribution < -0.4 is 10.9 Å². The topological polar surface area (TPSA) is 89.3 Å². The van der Waals surface area contributed by atoms with Gasteiger partial charge < -0.3 is 9.84 Å². The fraction of sp³-hybridized carbons (Fsp3) is 0.0588. The van der Waals surface area contributed by atoms with Crippen LogP contribution in [0, 0.1) is 10.5 Å². The predicted molar refractivity (Wildman–Crippen MR) is 97.1 cm³/mol. The van der Waals surface area contributed by atoms with E-state index in [0.717, 1.165) is 3.57 Å². The van der Waals surface area contributed by atoms with Gasteiger partial charge in [-0.1, -0.05) is 5.16 Å². The third-order valence-electron chi connectivity index (χ3n) is 3.47. The number of fused-ring (bicyclic) bond motifs is 1. The zero-order valence-electron chi connectivity index (χ0n) is 12.5. The Morgan fingerprint density at radius 3 is 2.50 bits per heavy atom. The van der Waals surface area contributed by atoms with Crippen LogP contribution in [0.2, 0.25) is 0 Å². The van der Waals surface area contributed by atoms with Crippen molar-refractivity contribution in [3.05, 3.63) is 67.7 Å². The molecule has 0 fully saturated rings. The number of halogens is 1. The van der Waals surface area contributed by atoms with Crippen molar-refractivity contribution in [1.82, 2.24) is 5.16 Å². The van der Waals surface area contributed by atoms with Crippen LogP contribution in [0.25, 0.3) is 10.8 Å². The molecule has 0 bridgehead atoms. The van der Waals surface area contributed by atoms with Crippen LogP contribution in [0.15, 0.2) is 51.8 Å². The SMILES string of the molecule is Cc1noc(=O)c2ccc(NC(=O)C(=O)c3ccc(I)cc3)cc12. The molecule has 0 atom stereocenters. The summed E-state index contributed by atoms with van der Waals surface area (Å²) < 4.78 is 5.62. The molecule has 0 saturated carbocycles. The summed E-state index contributed by atoms with van der Waals surface area (Å²) >= 11 is 2.12. The van der Waals surface area contributed by atoms with Crippen molar-refractivity contribution in [1.29, 1.82) is 0 Å². The van der Waals surface area contributed by atoms with Gasteiger partial charge in [0, 0.05) is 20.2 Å². The molecule has 0 radical (unpaired) electrons. The smallest absolute Gasteiger partial charge is 0.319 e. The molecule has 120 valence electrons. The first-order chi connectivity index (χ1) is 11.5. The molecular formula is C17H11IN2O4. The lowest BCUT2D eigenvalue weighted by molar-refractivity contribution is -0.112. The third kappa shape index (κ3) is 3.21. The second-order valence-corrected chi connectivity index (χ2v) is 6.35. The average Bonchev–Trinajstić information content (AvgIpc) is 2.58. The van der Waals surface area contributed by atoms with Gasteiger partial charge in [-0.3, -0.25) is 9.59 Å². The van der Waals surface area contributed by atoms with Gasteiger partial charge in [-0.25, -0.2) is 4.79 Å². The molecule has 1 amide bonds. The number of hydrogen-bond donors (Lipinski definition) is 1. The van der Waals surface area contributed by atoms with Gasteiger partial charge in [0.15, 0.2) is 0 Å². The number of amides is 1. The molecule has 7 heteroatoms. The summed E-state index contributed by atoms with van der Waals surface area (Å²) in [5, 5.41) is 7.12. The molecule has 2 aromatic carbocycles. The molecule has 0 unspecified atom stereocenters. The minimum Gasteiger partial charge on any atom is -0.319 e. The first-order valence-corrected chi connectivity index (χ1v) is 8.05. The van der Waals surface area contributed by atoms with Crippen LogP contribution >= 0.6 is 22.6 Å². The van der Waals surface area contributed by atoms with E-state index in [1.807, 2.05) is 0 Å². The largest absolute Gasteiger partial charge is 0.366 e. The van der Waals surface area contributed by atoms with Gasteiger partial charge in [0.1, 0.15) is 0 Å². The van der Waals surface area contributed by atoms with Crippen LogP contribution in [0.3, 0.4) is 0 Å². The van der Waals surface area contributed by atoms with Crippen molar-refractivity contribution in [3.63, 3.8) is 0 Å². The minimum absolute atomic E-state index is 0.312. The number of nitrogens with zero attached hydrogens (tertiary/aromatic N) is 1. The van der Waals surface area contributed by atoms with Crippen LogP contribution in [0.4, 0.5) is 5.69 Å². The van der Waals surface area contributed by atoms with Gasteiger partial charge in [-0.05, 0) is 72.0 Å². The van der Waals surface area contributed by atoms with Crippen LogP contribution in [0.1, 0.15) is 16.1 Å². The second-order valence-electron chi connectivity index (χ2n) is 5.11. The maximum Gasteiger partial charge on any atom is 0.366 e. The number of ketones is 1. The lowest BCUT2D eigenvalue weighted by atomic mass is 10.1. The van der Waals surface area contributed by atoms with Gasteiger partial charge in [-0.2, -0.15) is 0 Å². The second kappa shape index (κ2) is 6.52. The highest BCUT2D eigenvalue weighted by atomic mass is 127. The minimum atomic E-state index is -0.746. The van der Waals surface area contributed by atoms with E-state index in [2.05, 4.69) is 37.6 Å². The zero-order chi connectivity index (χ0) is 17.3. The van der Waals surface area contributed by atoms with Crippen molar-refractivity contribution in [2.75, 3.05) is 5.32 Å². The van der Waals surface area contributed by atoms with Gasteiger partial charge in [-0.15, -0.1) is 0 Å². The molecule has 0 spiro atoms. The Kier molecular flexibility index (Phi) is 4.43. The van der Waals surface area contributed by atoms with E-state index in [-0.39, 0.29) is 0 Å². The fourth-order valence-corrected chi connectivity index (χ4v) is 2.59. The van der Waals surface area contributed by atoms with Crippen molar-refractivity contribution in [2.24, 2.45) is 0 Å². The van der Waals surface area contributed by atoms with E-state index in [4.69, 9.17) is 0 Å². The van der Waals surface area contributed by atoms with Gasteiger partial charge in [0.05, 0.1) is 11.1 Å². The van der Waals surface area contributed by atoms with E-state index in [1.54, 1.807) is 37.3 Å². The molecule has 0 saturated heterocycles. The Hall–Kier alpha value is -2.55. The number of carbonyl (C=O) groups excluding carboxylic acids is 2. The molecular weight excluding hydrogens is 423 g/mol. The number of rotatable bonds is 3. The molecule has 1 aromatic heterocycles. The lowest BCUT2D eigenvalue weighted by Gasteiger charge is -2.06. The number of hydrogen-bond acceptors (Lipinski definition) is 5. The number of aryl methyl sites for hydroxylation is 1. The molecule has 24 heavy (non-hydrogen) atoms. The number of benzene rings is 2. The quantitative estimate of drug-likeness (QED) is 0.389. The Morgan fingerprint density at radius 2 is 1.79 bits per heavy atom. The van der Waals surface area contributed by atoms with Crippen molar-refractivity contribution in [2.45, 2.75) is 6.92 Å². The molecule has 1 heterocycles. The van der Waals surface area contributed by atoms with E-state index < -0.39 is 17.3 Å². The maximum absolute atomic E-state index is 12.2. The number of carbonyl (C=O) groups is 2. The van der Waals surface area contributed by atoms with E-state index >= 15 is 0 Å². The summed E-state index contributed by atoms with van der Waals surface area (Å²) in [5.74, 6) is -1.38. The summed E-state index contributed by atoms with van der Waals surface area (Å²) in [6.07, 6.45) is 0. The van der Waals surface area contributed by atoms with Crippen molar-refractivity contribution in [3.8, 4) is 0 Å². The number of anilines is 1. The molecule has 0 aliphatic heterocycles. The van der Waals surface area contributed by atoms with Crippen LogP contribution in [0.5, 0.6) is 0 Å². The highest BCUT2D eigenvalue weighted by Gasteiger charge is 2.17. The van der Waals surface area contributed by atoms with Crippen LogP contribution in [-0.4, -0.2) is 16.8 Å². The summed E-state index contributed by atoms with van der Waals surface area (Å²) in [4.78, 5) is 35.9. The zero-order valence-corrected chi connectivity index (χ0v) is 14.7. The molecule has 0 aliphatic carbocycles.